The Kier molecular flexibility index (Phi) is 5.29. The summed E-state index contributed by atoms with van der Waals surface area (Å²) in [6.07, 6.45) is 5.17. The first-order valence-electron chi connectivity index (χ1n) is 9.36. The van der Waals surface area contributed by atoms with Crippen LogP contribution in [0.15, 0.2) is 24.7 Å². The Balaban J connectivity index is 1.43. The molecule has 0 aromatic carbocycles. The van der Waals surface area contributed by atoms with Gasteiger partial charge in [0.1, 0.15) is 17.0 Å². The van der Waals surface area contributed by atoms with E-state index in [1.165, 1.54) is 11.5 Å². The van der Waals surface area contributed by atoms with Crippen molar-refractivity contribution in [3.05, 3.63) is 40.9 Å². The zero-order valence-corrected chi connectivity index (χ0v) is 16.8. The summed E-state index contributed by atoms with van der Waals surface area (Å²) in [7, 11) is 0. The molecule has 9 nitrogen and oxygen atoms in total. The van der Waals surface area contributed by atoms with E-state index in [9.17, 15) is 4.79 Å². The van der Waals surface area contributed by atoms with Crippen molar-refractivity contribution in [1.29, 1.82) is 0 Å². The molecular weight excluding hydrogens is 376 g/mol. The third-order valence-corrected chi connectivity index (χ3v) is 5.48. The van der Waals surface area contributed by atoms with Crippen molar-refractivity contribution < 1.29 is 4.79 Å². The minimum atomic E-state index is 0.0356. The molecule has 0 bridgehead atoms. The first-order valence-corrected chi connectivity index (χ1v) is 10.1. The number of piperazine rings is 1. The van der Waals surface area contributed by atoms with Crippen LogP contribution in [0.4, 0.5) is 5.82 Å². The second-order valence-corrected chi connectivity index (χ2v) is 7.47. The minimum absolute atomic E-state index is 0.0356. The number of anilines is 1. The summed E-state index contributed by atoms with van der Waals surface area (Å²) in [5, 5.41) is 8.51. The van der Waals surface area contributed by atoms with Crippen LogP contribution in [0.5, 0.6) is 0 Å². The Morgan fingerprint density at radius 2 is 1.96 bits per heavy atom. The first-order chi connectivity index (χ1) is 13.7. The second-order valence-electron chi connectivity index (χ2n) is 6.71. The van der Waals surface area contributed by atoms with E-state index in [-0.39, 0.29) is 5.91 Å². The van der Waals surface area contributed by atoms with Gasteiger partial charge < -0.3 is 9.80 Å². The molecular formula is C18H22N8OS. The van der Waals surface area contributed by atoms with Gasteiger partial charge in [0.2, 0.25) is 0 Å². The quantitative estimate of drug-likeness (QED) is 0.646. The molecule has 4 heterocycles. The van der Waals surface area contributed by atoms with Gasteiger partial charge in [0, 0.05) is 38.4 Å². The third-order valence-electron chi connectivity index (χ3n) is 4.72. The van der Waals surface area contributed by atoms with Crippen molar-refractivity contribution in [2.75, 3.05) is 31.1 Å². The first kappa shape index (κ1) is 18.5. The van der Waals surface area contributed by atoms with Crippen LogP contribution < -0.4 is 4.90 Å². The fourth-order valence-electron chi connectivity index (χ4n) is 3.23. The Morgan fingerprint density at radius 1 is 1.18 bits per heavy atom. The largest absolute Gasteiger partial charge is 0.353 e. The molecule has 0 spiro atoms. The molecule has 0 radical (unpaired) electrons. The number of aromatic nitrogens is 6. The molecule has 3 aromatic rings. The fourth-order valence-corrected chi connectivity index (χ4v) is 3.91. The maximum atomic E-state index is 12.8. The van der Waals surface area contributed by atoms with Gasteiger partial charge in [-0.25, -0.2) is 14.6 Å². The number of amides is 1. The standard InChI is InChI=1S/C18H22N8OS/c1-3-4-14-17(28-23-21-14)18(27)25-9-7-24(8-10-25)15-11-16(20-12-19-15)26-6-5-13(2)22-26/h5-6,11-12H,3-4,7-10H2,1-2H3. The van der Waals surface area contributed by atoms with Gasteiger partial charge in [-0.05, 0) is 30.9 Å². The van der Waals surface area contributed by atoms with Crippen LogP contribution in [0.1, 0.15) is 34.4 Å². The summed E-state index contributed by atoms with van der Waals surface area (Å²) >= 11 is 1.19. The van der Waals surface area contributed by atoms with Gasteiger partial charge >= 0.3 is 0 Å². The van der Waals surface area contributed by atoms with Crippen molar-refractivity contribution in [2.24, 2.45) is 0 Å². The van der Waals surface area contributed by atoms with Crippen molar-refractivity contribution >= 4 is 23.3 Å². The van der Waals surface area contributed by atoms with Crippen LogP contribution in [-0.2, 0) is 6.42 Å². The van der Waals surface area contributed by atoms with E-state index in [2.05, 4.69) is 36.5 Å². The van der Waals surface area contributed by atoms with E-state index in [1.54, 1.807) is 11.0 Å². The topological polar surface area (TPSA) is 92.9 Å². The third kappa shape index (κ3) is 3.72. The molecule has 0 N–H and O–H groups in total. The van der Waals surface area contributed by atoms with E-state index in [0.29, 0.717) is 18.0 Å². The zero-order chi connectivity index (χ0) is 19.5. The number of nitrogens with zero attached hydrogens (tertiary/aromatic N) is 8. The number of hydrogen-bond acceptors (Lipinski definition) is 8. The van der Waals surface area contributed by atoms with Gasteiger partial charge in [0.15, 0.2) is 5.82 Å². The summed E-state index contributed by atoms with van der Waals surface area (Å²) in [4.78, 5) is 26.3. The van der Waals surface area contributed by atoms with Crippen LogP contribution in [-0.4, -0.2) is 66.3 Å². The van der Waals surface area contributed by atoms with E-state index in [1.807, 2.05) is 30.2 Å². The Morgan fingerprint density at radius 3 is 2.68 bits per heavy atom. The summed E-state index contributed by atoms with van der Waals surface area (Å²) in [6.45, 7) is 6.74. The van der Waals surface area contributed by atoms with Crippen LogP contribution in [0.2, 0.25) is 0 Å². The van der Waals surface area contributed by atoms with E-state index >= 15 is 0 Å². The Hall–Kier alpha value is -2.88. The highest BCUT2D eigenvalue weighted by Crippen LogP contribution is 2.19. The number of hydrogen-bond donors (Lipinski definition) is 0. The molecule has 28 heavy (non-hydrogen) atoms. The summed E-state index contributed by atoms with van der Waals surface area (Å²) < 4.78 is 5.71. The van der Waals surface area contributed by atoms with Gasteiger partial charge in [-0.3, -0.25) is 4.79 Å². The summed E-state index contributed by atoms with van der Waals surface area (Å²) in [5.41, 5.74) is 1.75. The molecule has 0 unspecified atom stereocenters. The lowest BCUT2D eigenvalue weighted by atomic mass is 10.2. The lowest BCUT2D eigenvalue weighted by Crippen LogP contribution is -2.49. The average Bonchev–Trinajstić information content (AvgIpc) is 3.37. The molecule has 1 aliphatic heterocycles. The van der Waals surface area contributed by atoms with Gasteiger partial charge in [-0.15, -0.1) is 5.10 Å². The predicted molar refractivity (Wildman–Crippen MR) is 106 cm³/mol. The van der Waals surface area contributed by atoms with Crippen LogP contribution in [0.3, 0.4) is 0 Å². The van der Waals surface area contributed by atoms with Crippen LogP contribution >= 0.6 is 11.5 Å². The summed E-state index contributed by atoms with van der Waals surface area (Å²) in [6, 6.07) is 3.86. The monoisotopic (exact) mass is 398 g/mol. The molecule has 1 saturated heterocycles. The lowest BCUT2D eigenvalue weighted by Gasteiger charge is -2.35. The normalized spacial score (nSPS) is 14.5. The molecule has 0 aliphatic carbocycles. The zero-order valence-electron chi connectivity index (χ0n) is 15.9. The molecule has 1 aliphatic rings. The van der Waals surface area contributed by atoms with Crippen molar-refractivity contribution in [3.8, 4) is 5.82 Å². The van der Waals surface area contributed by atoms with Crippen molar-refractivity contribution in [1.82, 2.24) is 34.2 Å². The van der Waals surface area contributed by atoms with E-state index in [4.69, 9.17) is 0 Å². The van der Waals surface area contributed by atoms with Crippen molar-refractivity contribution in [2.45, 2.75) is 26.7 Å². The van der Waals surface area contributed by atoms with E-state index < -0.39 is 0 Å². The molecule has 10 heteroatoms. The van der Waals surface area contributed by atoms with Crippen LogP contribution in [0, 0.1) is 6.92 Å². The molecule has 1 fully saturated rings. The Bertz CT molecular complexity index is 960. The molecule has 1 amide bonds. The SMILES string of the molecule is CCCc1nnsc1C(=O)N1CCN(c2cc(-n3ccc(C)n3)ncn2)CC1. The van der Waals surface area contributed by atoms with Gasteiger partial charge in [0.25, 0.3) is 5.91 Å². The molecule has 0 saturated carbocycles. The molecule has 146 valence electrons. The molecule has 4 rings (SSSR count). The maximum Gasteiger partial charge on any atom is 0.267 e. The highest BCUT2D eigenvalue weighted by atomic mass is 32.1. The number of carbonyl (C=O) groups excluding carboxylic acids is 1. The maximum absolute atomic E-state index is 12.8. The smallest absolute Gasteiger partial charge is 0.267 e. The van der Waals surface area contributed by atoms with Crippen molar-refractivity contribution in [3.63, 3.8) is 0 Å². The van der Waals surface area contributed by atoms with Gasteiger partial charge in [0.05, 0.1) is 11.4 Å². The number of rotatable bonds is 5. The molecule has 0 atom stereocenters. The van der Waals surface area contributed by atoms with E-state index in [0.717, 1.165) is 49.0 Å². The fraction of sp³-hybridized carbons (Fsp3) is 0.444. The number of carbonyl (C=O) groups is 1. The predicted octanol–water partition coefficient (Wildman–Crippen LogP) is 1.74. The summed E-state index contributed by atoms with van der Waals surface area (Å²) in [5.74, 6) is 1.61. The highest BCUT2D eigenvalue weighted by molar-refractivity contribution is 7.08. The van der Waals surface area contributed by atoms with Crippen LogP contribution in [0.25, 0.3) is 5.82 Å². The highest BCUT2D eigenvalue weighted by Gasteiger charge is 2.26. The molecule has 3 aromatic heterocycles. The minimum Gasteiger partial charge on any atom is -0.353 e. The van der Waals surface area contributed by atoms with Gasteiger partial charge in [-0.2, -0.15) is 5.10 Å². The lowest BCUT2D eigenvalue weighted by molar-refractivity contribution is 0.0750. The van der Waals surface area contributed by atoms with Gasteiger partial charge in [-0.1, -0.05) is 17.8 Å². The Labute approximate surface area is 167 Å². The number of aryl methyl sites for hydroxylation is 2. The average molecular weight is 398 g/mol. The second kappa shape index (κ2) is 8.01.